The van der Waals surface area contributed by atoms with Crippen LogP contribution in [0.3, 0.4) is 0 Å². The number of aromatic nitrogens is 1. The molecule has 1 aromatic heterocycles. The van der Waals surface area contributed by atoms with E-state index in [9.17, 15) is 0 Å². The van der Waals surface area contributed by atoms with E-state index in [0.29, 0.717) is 11.7 Å². The van der Waals surface area contributed by atoms with Crippen LogP contribution in [0.1, 0.15) is 6.42 Å². The highest BCUT2D eigenvalue weighted by atomic mass is 16.5. The number of hydrogen-bond acceptors (Lipinski definition) is 5. The lowest BCUT2D eigenvalue weighted by Crippen LogP contribution is -2.22. The summed E-state index contributed by atoms with van der Waals surface area (Å²) in [6, 6.07) is 5.82. The summed E-state index contributed by atoms with van der Waals surface area (Å²) in [6.45, 7) is 2.87. The minimum absolute atomic E-state index is 0.612. The zero-order valence-corrected chi connectivity index (χ0v) is 9.52. The summed E-state index contributed by atoms with van der Waals surface area (Å²) in [6.07, 6.45) is 1.16. The number of pyridine rings is 1. The van der Waals surface area contributed by atoms with Gasteiger partial charge in [-0.3, -0.25) is 0 Å². The number of rotatable bonds is 4. The molecule has 0 amide bonds. The molecule has 16 heavy (non-hydrogen) atoms. The second-order valence-electron chi connectivity index (χ2n) is 4.08. The molecule has 0 radical (unpaired) electrons. The van der Waals surface area contributed by atoms with Gasteiger partial charge in [0.15, 0.2) is 0 Å². The summed E-state index contributed by atoms with van der Waals surface area (Å²) in [4.78, 5) is 6.69. The zero-order valence-electron chi connectivity index (χ0n) is 9.52. The molecular weight excluding hydrogens is 204 g/mol. The lowest BCUT2D eigenvalue weighted by molar-refractivity contribution is 0.161. The molecule has 1 aliphatic heterocycles. The van der Waals surface area contributed by atoms with Crippen molar-refractivity contribution in [1.82, 2.24) is 4.98 Å². The van der Waals surface area contributed by atoms with Gasteiger partial charge in [-0.15, -0.1) is 0 Å². The van der Waals surface area contributed by atoms with E-state index >= 15 is 0 Å². The fourth-order valence-corrected chi connectivity index (χ4v) is 2.09. The van der Waals surface area contributed by atoms with Gasteiger partial charge in [0.2, 0.25) is 0 Å². The maximum atomic E-state index is 5.34. The fourth-order valence-electron chi connectivity index (χ4n) is 2.09. The second kappa shape index (κ2) is 5.14. The van der Waals surface area contributed by atoms with E-state index in [4.69, 9.17) is 10.6 Å². The van der Waals surface area contributed by atoms with Gasteiger partial charge in [-0.25, -0.2) is 10.8 Å². The minimum Gasteiger partial charge on any atom is -0.384 e. The first-order valence-corrected chi connectivity index (χ1v) is 5.51. The molecule has 3 N–H and O–H groups in total. The molecule has 1 aliphatic rings. The van der Waals surface area contributed by atoms with Gasteiger partial charge in [0.05, 0.1) is 6.61 Å². The van der Waals surface area contributed by atoms with Gasteiger partial charge in [0, 0.05) is 26.1 Å². The molecular formula is C11H18N4O. The zero-order chi connectivity index (χ0) is 11.4. The van der Waals surface area contributed by atoms with Crippen LogP contribution in [0.5, 0.6) is 0 Å². The van der Waals surface area contributed by atoms with Crippen molar-refractivity contribution in [1.29, 1.82) is 0 Å². The average Bonchev–Trinajstić information content (AvgIpc) is 2.78. The summed E-state index contributed by atoms with van der Waals surface area (Å²) < 4.78 is 5.18. The van der Waals surface area contributed by atoms with E-state index in [0.717, 1.165) is 31.9 Å². The highest BCUT2D eigenvalue weighted by Crippen LogP contribution is 2.23. The summed E-state index contributed by atoms with van der Waals surface area (Å²) in [7, 11) is 1.75. The molecule has 5 heteroatoms. The van der Waals surface area contributed by atoms with Crippen LogP contribution in [0.15, 0.2) is 18.2 Å². The van der Waals surface area contributed by atoms with Crippen molar-refractivity contribution in [3.05, 3.63) is 18.2 Å². The predicted octanol–water partition coefficient (Wildman–Crippen LogP) is 0.840. The van der Waals surface area contributed by atoms with Crippen molar-refractivity contribution < 1.29 is 4.74 Å². The number of nitrogens with two attached hydrogens (primary N) is 1. The highest BCUT2D eigenvalue weighted by Gasteiger charge is 2.23. The summed E-state index contributed by atoms with van der Waals surface area (Å²) in [5.41, 5.74) is 2.56. The van der Waals surface area contributed by atoms with Crippen molar-refractivity contribution in [2.75, 3.05) is 37.1 Å². The molecule has 88 valence electrons. The Hall–Kier alpha value is -1.33. The predicted molar refractivity (Wildman–Crippen MR) is 64.2 cm³/mol. The van der Waals surface area contributed by atoms with Crippen LogP contribution < -0.4 is 16.2 Å². The first-order valence-electron chi connectivity index (χ1n) is 5.51. The van der Waals surface area contributed by atoms with Crippen LogP contribution in [0, 0.1) is 5.92 Å². The van der Waals surface area contributed by atoms with E-state index < -0.39 is 0 Å². The summed E-state index contributed by atoms with van der Waals surface area (Å²) in [5.74, 6) is 7.64. The van der Waals surface area contributed by atoms with Gasteiger partial charge in [0.25, 0.3) is 0 Å². The van der Waals surface area contributed by atoms with Crippen molar-refractivity contribution in [3.63, 3.8) is 0 Å². The maximum absolute atomic E-state index is 5.34. The second-order valence-corrected chi connectivity index (χ2v) is 4.08. The first kappa shape index (κ1) is 11.2. The molecule has 1 unspecified atom stereocenters. The number of nitrogens with one attached hydrogen (secondary N) is 1. The first-order chi connectivity index (χ1) is 7.83. The van der Waals surface area contributed by atoms with Gasteiger partial charge in [0.1, 0.15) is 11.6 Å². The van der Waals surface area contributed by atoms with Gasteiger partial charge >= 0.3 is 0 Å². The Morgan fingerprint density at radius 2 is 2.50 bits per heavy atom. The van der Waals surface area contributed by atoms with E-state index in [2.05, 4.69) is 15.3 Å². The average molecular weight is 222 g/mol. The van der Waals surface area contributed by atoms with Crippen molar-refractivity contribution in [2.24, 2.45) is 11.8 Å². The lowest BCUT2D eigenvalue weighted by Gasteiger charge is -2.17. The normalized spacial score (nSPS) is 20.1. The number of nitrogen functional groups attached to an aromatic ring is 1. The van der Waals surface area contributed by atoms with Gasteiger partial charge in [-0.1, -0.05) is 6.07 Å². The largest absolute Gasteiger partial charge is 0.384 e. The van der Waals surface area contributed by atoms with E-state index in [1.165, 1.54) is 0 Å². The minimum atomic E-state index is 0.612. The van der Waals surface area contributed by atoms with Gasteiger partial charge in [-0.05, 0) is 18.6 Å². The monoisotopic (exact) mass is 222 g/mol. The van der Waals surface area contributed by atoms with Crippen LogP contribution >= 0.6 is 0 Å². The molecule has 0 aliphatic carbocycles. The summed E-state index contributed by atoms with van der Waals surface area (Å²) in [5, 5.41) is 0. The fraction of sp³-hybridized carbons (Fsp3) is 0.545. The van der Waals surface area contributed by atoms with E-state index in [1.807, 2.05) is 18.2 Å². The Morgan fingerprint density at radius 3 is 3.25 bits per heavy atom. The maximum Gasteiger partial charge on any atom is 0.142 e. The Kier molecular flexibility index (Phi) is 3.58. The third-order valence-corrected chi connectivity index (χ3v) is 2.89. The molecule has 2 heterocycles. The third-order valence-electron chi connectivity index (χ3n) is 2.89. The van der Waals surface area contributed by atoms with E-state index in [-0.39, 0.29) is 0 Å². The van der Waals surface area contributed by atoms with Crippen LogP contribution in [0.2, 0.25) is 0 Å². The third kappa shape index (κ3) is 2.43. The number of methoxy groups -OCH3 is 1. The van der Waals surface area contributed by atoms with Crippen LogP contribution in [0.4, 0.5) is 11.6 Å². The van der Waals surface area contributed by atoms with Crippen molar-refractivity contribution in [3.8, 4) is 0 Å². The number of hydrazine groups is 1. The smallest absolute Gasteiger partial charge is 0.142 e. The van der Waals surface area contributed by atoms with Gasteiger partial charge in [-0.2, -0.15) is 0 Å². The Balaban J connectivity index is 2.02. The molecule has 0 saturated carbocycles. The van der Waals surface area contributed by atoms with E-state index in [1.54, 1.807) is 7.11 Å². The SMILES string of the molecule is COCC1CCN(c2cccc(NN)n2)C1. The van der Waals surface area contributed by atoms with Crippen molar-refractivity contribution in [2.45, 2.75) is 6.42 Å². The number of ether oxygens (including phenoxy) is 1. The molecule has 1 fully saturated rings. The Bertz CT molecular complexity index is 345. The Labute approximate surface area is 95.6 Å². The Morgan fingerprint density at radius 1 is 1.62 bits per heavy atom. The molecule has 2 rings (SSSR count). The van der Waals surface area contributed by atoms with Crippen LogP contribution in [-0.2, 0) is 4.74 Å². The number of hydrogen-bond donors (Lipinski definition) is 2. The van der Waals surface area contributed by atoms with Crippen LogP contribution in [-0.4, -0.2) is 31.8 Å². The molecule has 5 nitrogen and oxygen atoms in total. The van der Waals surface area contributed by atoms with Gasteiger partial charge < -0.3 is 15.1 Å². The molecule has 1 atom stereocenters. The quantitative estimate of drug-likeness (QED) is 0.584. The molecule has 0 aromatic carbocycles. The standard InChI is InChI=1S/C11H18N4O/c1-16-8-9-5-6-15(7-9)11-4-2-3-10(13-11)14-12/h2-4,9H,5-8,12H2,1H3,(H,13,14). The highest BCUT2D eigenvalue weighted by molar-refractivity contribution is 5.47. The van der Waals surface area contributed by atoms with Crippen LogP contribution in [0.25, 0.3) is 0 Å². The van der Waals surface area contributed by atoms with Crippen molar-refractivity contribution >= 4 is 11.6 Å². The summed E-state index contributed by atoms with van der Waals surface area (Å²) >= 11 is 0. The lowest BCUT2D eigenvalue weighted by atomic mass is 10.1. The molecule has 1 aromatic rings. The molecule has 0 bridgehead atoms. The molecule has 1 saturated heterocycles. The topological polar surface area (TPSA) is 63.4 Å². The number of nitrogens with zero attached hydrogens (tertiary/aromatic N) is 2. The molecule has 0 spiro atoms. The number of anilines is 2.